The lowest BCUT2D eigenvalue weighted by atomic mass is 10.2. The zero-order valence-corrected chi connectivity index (χ0v) is 14.0. The Morgan fingerprint density at radius 3 is 2.52 bits per heavy atom. The summed E-state index contributed by atoms with van der Waals surface area (Å²) in [5, 5.41) is 8.92. The van der Waals surface area contributed by atoms with Crippen LogP contribution in [0.25, 0.3) is 11.6 Å². The summed E-state index contributed by atoms with van der Waals surface area (Å²) in [4.78, 5) is 6.54. The molecule has 2 rings (SSSR count). The first kappa shape index (κ1) is 16.0. The van der Waals surface area contributed by atoms with E-state index in [9.17, 15) is 0 Å². The van der Waals surface area contributed by atoms with Crippen LogP contribution in [0.1, 0.15) is 39.2 Å². The quantitative estimate of drug-likeness (QED) is 0.820. The van der Waals surface area contributed by atoms with Gasteiger partial charge in [0.1, 0.15) is 0 Å². The Kier molecular flexibility index (Phi) is 5.00. The van der Waals surface area contributed by atoms with E-state index in [1.165, 1.54) is 0 Å². The van der Waals surface area contributed by atoms with Gasteiger partial charge < -0.3 is 4.52 Å². The highest BCUT2D eigenvalue weighted by molar-refractivity contribution is 6.33. The zero-order chi connectivity index (χ0) is 15.6. The summed E-state index contributed by atoms with van der Waals surface area (Å²) in [6, 6.07) is 0.445. The van der Waals surface area contributed by atoms with Gasteiger partial charge in [0, 0.05) is 19.1 Å². The Balaban J connectivity index is 2.39. The molecule has 7 heteroatoms. The highest BCUT2D eigenvalue weighted by Gasteiger charge is 2.23. The largest absolute Gasteiger partial charge is 0.332 e. The van der Waals surface area contributed by atoms with Gasteiger partial charge in [-0.15, -0.1) is 0 Å². The number of halogens is 1. The molecule has 0 spiro atoms. The molecular weight excluding hydrogens is 290 g/mol. The second-order valence-electron chi connectivity index (χ2n) is 5.23. The second kappa shape index (κ2) is 6.58. The van der Waals surface area contributed by atoms with Gasteiger partial charge in [0.25, 0.3) is 5.89 Å². The Morgan fingerprint density at radius 1 is 1.33 bits per heavy atom. The lowest BCUT2D eigenvalue weighted by Gasteiger charge is -2.25. The monoisotopic (exact) mass is 311 g/mol. The molecule has 0 saturated heterocycles. The predicted octanol–water partition coefficient (Wildman–Crippen LogP) is 3.15. The Bertz CT molecular complexity index is 605. The lowest BCUT2D eigenvalue weighted by Crippen LogP contribution is -2.31. The van der Waals surface area contributed by atoms with Crippen molar-refractivity contribution in [1.29, 1.82) is 0 Å². The minimum absolute atomic E-state index is 0.374. The molecule has 0 N–H and O–H groups in total. The van der Waals surface area contributed by atoms with Gasteiger partial charge in [-0.3, -0.25) is 9.58 Å². The highest BCUT2D eigenvalue weighted by Crippen LogP contribution is 2.30. The van der Waals surface area contributed by atoms with E-state index in [-0.39, 0.29) is 0 Å². The average molecular weight is 312 g/mol. The molecule has 0 fully saturated rings. The smallest absolute Gasteiger partial charge is 0.279 e. The second-order valence-corrected chi connectivity index (χ2v) is 5.61. The van der Waals surface area contributed by atoms with Crippen LogP contribution in [0.3, 0.4) is 0 Å². The molecule has 0 amide bonds. The summed E-state index contributed by atoms with van der Waals surface area (Å²) < 4.78 is 7.09. The van der Waals surface area contributed by atoms with Crippen molar-refractivity contribution in [1.82, 2.24) is 24.8 Å². The maximum Gasteiger partial charge on any atom is 0.279 e. The van der Waals surface area contributed by atoms with E-state index in [4.69, 9.17) is 16.1 Å². The summed E-state index contributed by atoms with van der Waals surface area (Å²) in [5.74, 6) is 0.949. The van der Waals surface area contributed by atoms with Gasteiger partial charge in [0.05, 0.1) is 10.7 Å². The summed E-state index contributed by atoms with van der Waals surface area (Å²) in [7, 11) is 0. The third kappa shape index (κ3) is 3.27. The number of hydrogen-bond acceptors (Lipinski definition) is 5. The minimum atomic E-state index is 0.374. The number of nitrogens with zero attached hydrogens (tertiary/aromatic N) is 5. The molecule has 0 aliphatic rings. The molecule has 0 aliphatic heterocycles. The van der Waals surface area contributed by atoms with E-state index >= 15 is 0 Å². The van der Waals surface area contributed by atoms with Crippen molar-refractivity contribution in [3.63, 3.8) is 0 Å². The summed E-state index contributed by atoms with van der Waals surface area (Å²) in [6.07, 6.45) is 0. The Hall–Kier alpha value is -1.40. The van der Waals surface area contributed by atoms with Crippen molar-refractivity contribution in [3.05, 3.63) is 16.5 Å². The van der Waals surface area contributed by atoms with Crippen LogP contribution in [0, 0.1) is 6.92 Å². The fourth-order valence-electron chi connectivity index (χ4n) is 2.27. The van der Waals surface area contributed by atoms with Crippen LogP contribution in [-0.4, -0.2) is 37.4 Å². The van der Waals surface area contributed by atoms with Crippen LogP contribution in [0.15, 0.2) is 4.52 Å². The lowest BCUT2D eigenvalue weighted by molar-refractivity contribution is 0.218. The van der Waals surface area contributed by atoms with Crippen molar-refractivity contribution in [3.8, 4) is 11.6 Å². The number of aryl methyl sites for hydroxylation is 2. The van der Waals surface area contributed by atoms with Crippen molar-refractivity contribution >= 4 is 11.6 Å². The summed E-state index contributed by atoms with van der Waals surface area (Å²) >= 11 is 6.52. The molecule has 2 aromatic heterocycles. The molecule has 0 bridgehead atoms. The van der Waals surface area contributed by atoms with Crippen molar-refractivity contribution in [2.45, 2.75) is 53.8 Å². The van der Waals surface area contributed by atoms with Gasteiger partial charge in [-0.1, -0.05) is 23.7 Å². The first-order valence-corrected chi connectivity index (χ1v) is 7.65. The topological polar surface area (TPSA) is 60.0 Å². The van der Waals surface area contributed by atoms with Gasteiger partial charge >= 0.3 is 0 Å². The molecule has 116 valence electrons. The Morgan fingerprint density at radius 2 is 2.05 bits per heavy atom. The molecule has 0 radical (unpaired) electrons. The van der Waals surface area contributed by atoms with Crippen LogP contribution in [0.5, 0.6) is 0 Å². The van der Waals surface area contributed by atoms with Gasteiger partial charge in [-0.2, -0.15) is 10.1 Å². The predicted molar refractivity (Wildman–Crippen MR) is 82.2 cm³/mol. The molecule has 0 saturated carbocycles. The van der Waals surface area contributed by atoms with Crippen LogP contribution in [-0.2, 0) is 13.1 Å². The van der Waals surface area contributed by atoms with E-state index in [1.54, 1.807) is 6.92 Å². The van der Waals surface area contributed by atoms with Crippen LogP contribution in [0.4, 0.5) is 0 Å². The van der Waals surface area contributed by atoms with Gasteiger partial charge in [-0.05, 0) is 34.2 Å². The van der Waals surface area contributed by atoms with Gasteiger partial charge in [0.15, 0.2) is 11.5 Å². The SMILES string of the molecule is CCN(Cc1c(Cl)c(-c2nc(C)no2)nn1CC)C(C)C. The summed E-state index contributed by atoms with van der Waals surface area (Å²) in [6.45, 7) is 12.8. The van der Waals surface area contributed by atoms with Crippen molar-refractivity contribution in [2.75, 3.05) is 6.54 Å². The van der Waals surface area contributed by atoms with E-state index in [0.29, 0.717) is 28.5 Å². The van der Waals surface area contributed by atoms with E-state index in [2.05, 4.69) is 40.9 Å². The van der Waals surface area contributed by atoms with Crippen molar-refractivity contribution < 1.29 is 4.52 Å². The van der Waals surface area contributed by atoms with Crippen LogP contribution >= 0.6 is 11.6 Å². The van der Waals surface area contributed by atoms with E-state index < -0.39 is 0 Å². The molecule has 0 aliphatic carbocycles. The Labute approximate surface area is 130 Å². The molecule has 21 heavy (non-hydrogen) atoms. The van der Waals surface area contributed by atoms with E-state index in [1.807, 2.05) is 11.6 Å². The fraction of sp³-hybridized carbons (Fsp3) is 0.643. The standard InChI is InChI=1S/C14H22ClN5O/c1-6-19(9(3)4)8-11-12(15)13(17-20(11)7-2)14-16-10(5)18-21-14/h9H,6-8H2,1-5H3. The van der Waals surface area contributed by atoms with E-state index in [0.717, 1.165) is 25.3 Å². The molecular formula is C14H22ClN5O. The molecule has 2 heterocycles. The third-order valence-electron chi connectivity index (χ3n) is 3.51. The molecule has 0 unspecified atom stereocenters. The first-order chi connectivity index (χ1) is 9.97. The van der Waals surface area contributed by atoms with Crippen LogP contribution in [0.2, 0.25) is 5.02 Å². The third-order valence-corrected chi connectivity index (χ3v) is 3.91. The fourth-order valence-corrected chi connectivity index (χ4v) is 2.55. The average Bonchev–Trinajstić information content (AvgIpc) is 3.00. The van der Waals surface area contributed by atoms with Gasteiger partial charge in [-0.25, -0.2) is 0 Å². The first-order valence-electron chi connectivity index (χ1n) is 7.27. The molecule has 6 nitrogen and oxygen atoms in total. The number of aromatic nitrogens is 4. The number of rotatable bonds is 6. The normalized spacial score (nSPS) is 11.8. The molecule has 0 aromatic carbocycles. The zero-order valence-electron chi connectivity index (χ0n) is 13.2. The maximum atomic E-state index is 6.52. The van der Waals surface area contributed by atoms with Crippen LogP contribution < -0.4 is 0 Å². The highest BCUT2D eigenvalue weighted by atomic mass is 35.5. The number of hydrogen-bond donors (Lipinski definition) is 0. The molecule has 2 aromatic rings. The van der Waals surface area contributed by atoms with Gasteiger partial charge in [0.2, 0.25) is 0 Å². The maximum absolute atomic E-state index is 6.52. The molecule has 0 atom stereocenters. The minimum Gasteiger partial charge on any atom is -0.332 e. The summed E-state index contributed by atoms with van der Waals surface area (Å²) in [5.41, 5.74) is 1.55. The van der Waals surface area contributed by atoms with Crippen molar-refractivity contribution in [2.24, 2.45) is 0 Å².